The van der Waals surface area contributed by atoms with Crippen LogP contribution in [-0.2, 0) is 6.61 Å². The lowest BCUT2D eigenvalue weighted by atomic mass is 10.1. The van der Waals surface area contributed by atoms with Crippen LogP contribution in [0.1, 0.15) is 21.5 Å². The summed E-state index contributed by atoms with van der Waals surface area (Å²) >= 11 is 10.4. The maximum Gasteiger partial charge on any atom is 0.275 e. The van der Waals surface area contributed by atoms with E-state index in [1.807, 2.05) is 24.3 Å². The van der Waals surface area contributed by atoms with Crippen LogP contribution in [0.3, 0.4) is 0 Å². The van der Waals surface area contributed by atoms with Gasteiger partial charge >= 0.3 is 0 Å². The number of amides is 1. The van der Waals surface area contributed by atoms with Crippen LogP contribution in [0.4, 0.5) is 5.69 Å². The van der Waals surface area contributed by atoms with Crippen molar-refractivity contribution in [3.63, 3.8) is 0 Å². The number of hydrogen-bond acceptors (Lipinski definition) is 6. The summed E-state index contributed by atoms with van der Waals surface area (Å²) in [4.78, 5) is 22.8. The van der Waals surface area contributed by atoms with E-state index in [0.717, 1.165) is 16.1 Å². The van der Waals surface area contributed by atoms with Gasteiger partial charge in [0.15, 0.2) is 0 Å². The molecule has 0 heterocycles. The maximum atomic E-state index is 12.4. The van der Waals surface area contributed by atoms with E-state index in [4.69, 9.17) is 9.47 Å². The van der Waals surface area contributed by atoms with Crippen molar-refractivity contribution >= 4 is 65.6 Å². The predicted octanol–water partition coefficient (Wildman–Crippen LogP) is 6.23. The fraction of sp³-hybridized carbons (Fsp3) is 0.0909. The molecule has 0 radical (unpaired) electrons. The zero-order chi connectivity index (χ0) is 24.0. The molecule has 1 amide bonds. The Morgan fingerprint density at radius 2 is 1.76 bits per heavy atom. The van der Waals surface area contributed by atoms with E-state index in [2.05, 4.69) is 58.3 Å². The summed E-state index contributed by atoms with van der Waals surface area (Å²) < 4.78 is 13.4. The Labute approximate surface area is 214 Å². The van der Waals surface area contributed by atoms with Gasteiger partial charge in [-0.25, -0.2) is 5.43 Å². The van der Waals surface area contributed by atoms with Gasteiger partial charge in [-0.2, -0.15) is 5.10 Å². The number of nitro groups is 1. The topological polar surface area (TPSA) is 103 Å². The molecule has 33 heavy (non-hydrogen) atoms. The number of carbonyl (C=O) groups is 1. The Hall–Kier alpha value is -2.76. The quantitative estimate of drug-likeness (QED) is 0.178. The molecule has 0 aliphatic heterocycles. The lowest BCUT2D eigenvalue weighted by Crippen LogP contribution is -2.18. The molecule has 0 fully saturated rings. The number of ether oxygens (including phenoxy) is 2. The van der Waals surface area contributed by atoms with E-state index < -0.39 is 10.8 Å². The van der Waals surface area contributed by atoms with Crippen molar-refractivity contribution in [1.82, 2.24) is 5.43 Å². The minimum atomic E-state index is -0.639. The Balaban J connectivity index is 1.69. The minimum absolute atomic E-state index is 0.00269. The molecule has 0 saturated heterocycles. The van der Waals surface area contributed by atoms with Gasteiger partial charge in [0.05, 0.1) is 32.8 Å². The molecule has 3 rings (SSSR count). The summed E-state index contributed by atoms with van der Waals surface area (Å²) in [6, 6.07) is 15.1. The maximum absolute atomic E-state index is 12.4. The molecule has 0 aliphatic carbocycles. The summed E-state index contributed by atoms with van der Waals surface area (Å²) in [5.41, 5.74) is 3.83. The Morgan fingerprint density at radius 3 is 2.36 bits per heavy atom. The van der Waals surface area contributed by atoms with Gasteiger partial charge in [-0.15, -0.1) is 0 Å². The Morgan fingerprint density at radius 1 is 1.09 bits per heavy atom. The number of hydrazone groups is 1. The second-order valence-electron chi connectivity index (χ2n) is 6.57. The van der Waals surface area contributed by atoms with Crippen LogP contribution in [0.5, 0.6) is 11.5 Å². The van der Waals surface area contributed by atoms with Crippen LogP contribution < -0.4 is 14.9 Å². The minimum Gasteiger partial charge on any atom is -0.496 e. The fourth-order valence-electron chi connectivity index (χ4n) is 2.74. The highest BCUT2D eigenvalue weighted by Gasteiger charge is 2.17. The van der Waals surface area contributed by atoms with Crippen molar-refractivity contribution in [3.8, 4) is 11.5 Å². The van der Waals surface area contributed by atoms with E-state index in [0.29, 0.717) is 26.9 Å². The third-order valence-corrected chi connectivity index (χ3v) is 6.04. The molecule has 1 N–H and O–H groups in total. The summed E-state index contributed by atoms with van der Waals surface area (Å²) in [5, 5.41) is 14.9. The molecule has 0 atom stereocenters. The molecule has 11 heteroatoms. The van der Waals surface area contributed by atoms with Gasteiger partial charge in [-0.05, 0) is 73.3 Å². The first-order valence-electron chi connectivity index (χ1n) is 9.30. The zero-order valence-electron chi connectivity index (χ0n) is 17.1. The van der Waals surface area contributed by atoms with Crippen molar-refractivity contribution in [2.24, 2.45) is 5.10 Å². The number of nitrogens with zero attached hydrogens (tertiary/aromatic N) is 2. The van der Waals surface area contributed by atoms with E-state index in [-0.39, 0.29) is 17.0 Å². The highest BCUT2D eigenvalue weighted by Crippen LogP contribution is 2.35. The van der Waals surface area contributed by atoms with Crippen LogP contribution in [-0.4, -0.2) is 24.2 Å². The van der Waals surface area contributed by atoms with Crippen molar-refractivity contribution in [3.05, 3.63) is 94.8 Å². The molecule has 3 aromatic rings. The van der Waals surface area contributed by atoms with Gasteiger partial charge in [-0.3, -0.25) is 14.9 Å². The SMILES string of the molecule is COc1ccc([N+](=O)[O-])cc1C(=O)N/N=C\c1cc(Br)c(OCc2ccc(Br)cc2)c(Br)c1. The van der Waals surface area contributed by atoms with Crippen LogP contribution in [0.15, 0.2) is 73.1 Å². The van der Waals surface area contributed by atoms with Crippen LogP contribution >= 0.6 is 47.8 Å². The molecule has 0 saturated carbocycles. The number of rotatable bonds is 8. The van der Waals surface area contributed by atoms with E-state index in [1.165, 1.54) is 25.5 Å². The molecule has 0 bridgehead atoms. The molecule has 0 aromatic heterocycles. The van der Waals surface area contributed by atoms with Gasteiger partial charge in [0.25, 0.3) is 11.6 Å². The highest BCUT2D eigenvalue weighted by atomic mass is 79.9. The van der Waals surface area contributed by atoms with Gasteiger partial charge in [-0.1, -0.05) is 28.1 Å². The lowest BCUT2D eigenvalue weighted by Gasteiger charge is -2.11. The average Bonchev–Trinajstić information content (AvgIpc) is 2.79. The molecule has 8 nitrogen and oxygen atoms in total. The van der Waals surface area contributed by atoms with Crippen molar-refractivity contribution in [2.75, 3.05) is 7.11 Å². The fourth-order valence-corrected chi connectivity index (χ4v) is 4.46. The number of benzene rings is 3. The number of non-ortho nitro benzene ring substituents is 1. The average molecular weight is 642 g/mol. The van der Waals surface area contributed by atoms with Crippen molar-refractivity contribution < 1.29 is 19.2 Å². The summed E-state index contributed by atoms with van der Waals surface area (Å²) in [6.07, 6.45) is 1.44. The van der Waals surface area contributed by atoms with Gasteiger partial charge < -0.3 is 9.47 Å². The standard InChI is InChI=1S/C22H16Br3N3O5/c1-32-20-7-6-16(28(30)31)10-17(20)22(29)27-26-11-14-8-18(24)21(19(25)9-14)33-12-13-2-4-15(23)5-3-13/h2-11H,12H2,1H3,(H,27,29)/b26-11-. The second kappa shape index (κ2) is 11.4. The molecule has 0 spiro atoms. The molecule has 3 aromatic carbocycles. The molecular weight excluding hydrogens is 626 g/mol. The number of nitro benzene ring substituents is 1. The first-order chi connectivity index (χ1) is 15.8. The monoisotopic (exact) mass is 639 g/mol. The third-order valence-electron chi connectivity index (χ3n) is 4.34. The molecule has 170 valence electrons. The largest absolute Gasteiger partial charge is 0.496 e. The first kappa shape index (κ1) is 24.9. The van der Waals surface area contributed by atoms with E-state index >= 15 is 0 Å². The van der Waals surface area contributed by atoms with E-state index in [1.54, 1.807) is 12.1 Å². The number of nitrogens with one attached hydrogen (secondary N) is 1. The smallest absolute Gasteiger partial charge is 0.275 e. The number of halogens is 3. The third kappa shape index (κ3) is 6.62. The number of hydrogen-bond donors (Lipinski definition) is 1. The number of carbonyl (C=O) groups excluding carboxylic acids is 1. The Kier molecular flexibility index (Phi) is 8.59. The zero-order valence-corrected chi connectivity index (χ0v) is 21.8. The summed E-state index contributed by atoms with van der Waals surface area (Å²) in [7, 11) is 1.37. The summed E-state index contributed by atoms with van der Waals surface area (Å²) in [5.74, 6) is 0.186. The second-order valence-corrected chi connectivity index (χ2v) is 9.19. The van der Waals surface area contributed by atoms with Crippen LogP contribution in [0, 0.1) is 10.1 Å². The van der Waals surface area contributed by atoms with Crippen molar-refractivity contribution in [2.45, 2.75) is 6.61 Å². The van der Waals surface area contributed by atoms with Crippen LogP contribution in [0.25, 0.3) is 0 Å². The van der Waals surface area contributed by atoms with E-state index in [9.17, 15) is 14.9 Å². The number of methoxy groups -OCH3 is 1. The molecular formula is C22H16Br3N3O5. The molecule has 0 aliphatic rings. The highest BCUT2D eigenvalue weighted by molar-refractivity contribution is 9.11. The van der Waals surface area contributed by atoms with Crippen LogP contribution in [0.2, 0.25) is 0 Å². The van der Waals surface area contributed by atoms with Gasteiger partial charge in [0.2, 0.25) is 0 Å². The normalized spacial score (nSPS) is 10.8. The first-order valence-corrected chi connectivity index (χ1v) is 11.7. The Bertz CT molecular complexity index is 1190. The van der Waals surface area contributed by atoms with Gasteiger partial charge in [0.1, 0.15) is 18.1 Å². The molecule has 0 unspecified atom stereocenters. The van der Waals surface area contributed by atoms with Gasteiger partial charge in [0, 0.05) is 16.6 Å². The predicted molar refractivity (Wildman–Crippen MR) is 135 cm³/mol. The summed E-state index contributed by atoms with van der Waals surface area (Å²) in [6.45, 7) is 0.388. The van der Waals surface area contributed by atoms with Crippen molar-refractivity contribution in [1.29, 1.82) is 0 Å². The lowest BCUT2D eigenvalue weighted by molar-refractivity contribution is -0.384.